The van der Waals surface area contributed by atoms with Gasteiger partial charge in [0.1, 0.15) is 0 Å². The first-order chi connectivity index (χ1) is 10.1. The van der Waals surface area contributed by atoms with Crippen LogP contribution < -0.4 is 10.3 Å². The number of halogens is 1. The number of aromatic amines is 1. The molecule has 1 heterocycles. The van der Waals surface area contributed by atoms with E-state index in [0.717, 1.165) is 4.47 Å². The zero-order valence-electron chi connectivity index (χ0n) is 10.7. The predicted molar refractivity (Wildman–Crippen MR) is 78.4 cm³/mol. The molecule has 1 aromatic heterocycles. The molecular formula is C15H10BrN2O3+. The molecule has 0 fully saturated rings. The summed E-state index contributed by atoms with van der Waals surface area (Å²) in [5.74, 6) is -0.132. The molecule has 104 valence electrons. The zero-order chi connectivity index (χ0) is 14.8. The van der Waals surface area contributed by atoms with Gasteiger partial charge in [-0.05, 0) is 40.3 Å². The molecule has 0 unspecified atom stereocenters. The Kier molecular flexibility index (Phi) is 3.53. The Bertz CT molecular complexity index is 850. The summed E-state index contributed by atoms with van der Waals surface area (Å²) < 4.78 is 6.93. The van der Waals surface area contributed by atoms with E-state index in [1.165, 1.54) is 10.9 Å². The molecule has 0 amide bonds. The van der Waals surface area contributed by atoms with E-state index in [-0.39, 0.29) is 5.78 Å². The fraction of sp³-hybridized carbons (Fsp3) is 0. The van der Waals surface area contributed by atoms with Crippen LogP contribution in [0.2, 0.25) is 0 Å². The minimum Gasteiger partial charge on any atom is -0.288 e. The lowest BCUT2D eigenvalue weighted by atomic mass is 10.0. The Morgan fingerprint density at radius 1 is 1.10 bits per heavy atom. The molecule has 6 heteroatoms. The molecule has 5 nitrogen and oxygen atoms in total. The maximum atomic E-state index is 12.6. The summed E-state index contributed by atoms with van der Waals surface area (Å²) in [7, 11) is 0. The number of nitrogens with one attached hydrogen (secondary N) is 1. The highest BCUT2D eigenvalue weighted by atomic mass is 79.9. The van der Waals surface area contributed by atoms with Gasteiger partial charge in [-0.15, -0.1) is 0 Å². The van der Waals surface area contributed by atoms with Crippen molar-refractivity contribution in [2.75, 3.05) is 0 Å². The number of benzene rings is 2. The fourth-order valence-electron chi connectivity index (χ4n) is 2.00. The molecule has 0 radical (unpaired) electrons. The highest BCUT2D eigenvalue weighted by molar-refractivity contribution is 9.10. The van der Waals surface area contributed by atoms with E-state index < -0.39 is 5.63 Å². The fourth-order valence-corrected chi connectivity index (χ4v) is 2.27. The van der Waals surface area contributed by atoms with Crippen molar-refractivity contribution in [2.45, 2.75) is 0 Å². The molecule has 0 aliphatic carbocycles. The minimum atomic E-state index is -0.513. The lowest BCUT2D eigenvalue weighted by Crippen LogP contribution is -2.34. The van der Waals surface area contributed by atoms with Crippen molar-refractivity contribution in [2.24, 2.45) is 0 Å². The number of hydrogen-bond donors (Lipinski definition) is 1. The summed E-state index contributed by atoms with van der Waals surface area (Å²) in [6.45, 7) is 0. The number of carbonyl (C=O) groups is 1. The first kappa shape index (κ1) is 13.5. The monoisotopic (exact) mass is 345 g/mol. The number of para-hydroxylation sites is 1. The maximum absolute atomic E-state index is 12.6. The van der Waals surface area contributed by atoms with Gasteiger partial charge in [-0.25, -0.2) is 4.79 Å². The molecule has 0 spiro atoms. The van der Waals surface area contributed by atoms with Gasteiger partial charge in [-0.3, -0.25) is 9.32 Å². The van der Waals surface area contributed by atoms with E-state index in [1.54, 1.807) is 36.4 Å². The minimum absolute atomic E-state index is 0.132. The summed E-state index contributed by atoms with van der Waals surface area (Å²) in [5.41, 5.74) is 1.08. The van der Waals surface area contributed by atoms with Crippen molar-refractivity contribution < 1.29 is 14.0 Å². The number of nitrogens with zero attached hydrogens (tertiary/aromatic N) is 1. The molecular weight excluding hydrogens is 336 g/mol. The Hall–Kier alpha value is -2.47. The lowest BCUT2D eigenvalue weighted by molar-refractivity contribution is -0.670. The normalized spacial score (nSPS) is 10.5. The quantitative estimate of drug-likeness (QED) is 0.584. The van der Waals surface area contributed by atoms with Crippen LogP contribution >= 0.6 is 15.9 Å². The summed E-state index contributed by atoms with van der Waals surface area (Å²) >= 11 is 3.34. The second-order valence-electron chi connectivity index (χ2n) is 4.36. The zero-order valence-corrected chi connectivity index (χ0v) is 12.3. The lowest BCUT2D eigenvalue weighted by Gasteiger charge is -2.02. The third kappa shape index (κ3) is 2.71. The maximum Gasteiger partial charge on any atom is 0.427 e. The average molecular weight is 346 g/mol. The van der Waals surface area contributed by atoms with Crippen molar-refractivity contribution in [1.82, 2.24) is 5.27 Å². The Morgan fingerprint density at radius 3 is 2.48 bits per heavy atom. The molecule has 3 aromatic rings. The van der Waals surface area contributed by atoms with Crippen molar-refractivity contribution in [3.8, 4) is 5.69 Å². The van der Waals surface area contributed by atoms with Gasteiger partial charge in [-0.1, -0.05) is 28.1 Å². The third-order valence-corrected chi connectivity index (χ3v) is 3.52. The number of ketones is 1. The molecule has 0 saturated heterocycles. The Balaban J connectivity index is 2.08. The van der Waals surface area contributed by atoms with Gasteiger partial charge in [0.2, 0.25) is 5.69 Å². The molecule has 1 N–H and O–H groups in total. The van der Waals surface area contributed by atoms with Gasteiger partial charge in [0, 0.05) is 16.1 Å². The van der Waals surface area contributed by atoms with E-state index in [1.807, 2.05) is 12.1 Å². The second kappa shape index (κ2) is 5.49. The number of aromatic nitrogens is 2. The molecule has 0 atom stereocenters. The van der Waals surface area contributed by atoms with Crippen molar-refractivity contribution in [3.63, 3.8) is 0 Å². The smallest absolute Gasteiger partial charge is 0.288 e. The highest BCUT2D eigenvalue weighted by Crippen LogP contribution is 2.16. The van der Waals surface area contributed by atoms with Crippen LogP contribution in [0.25, 0.3) is 5.69 Å². The number of H-pyrrole nitrogens is 1. The molecule has 0 saturated carbocycles. The van der Waals surface area contributed by atoms with Crippen LogP contribution in [0.5, 0.6) is 0 Å². The number of carbonyl (C=O) groups excluding carboxylic acids is 1. The first-order valence-electron chi connectivity index (χ1n) is 6.15. The van der Waals surface area contributed by atoms with Gasteiger partial charge in [0.15, 0.2) is 5.78 Å². The highest BCUT2D eigenvalue weighted by Gasteiger charge is 2.21. The van der Waals surface area contributed by atoms with Gasteiger partial charge in [-0.2, -0.15) is 0 Å². The number of rotatable bonds is 3. The van der Waals surface area contributed by atoms with Gasteiger partial charge >= 0.3 is 5.63 Å². The third-order valence-electron chi connectivity index (χ3n) is 2.99. The Labute approximate surface area is 127 Å². The van der Waals surface area contributed by atoms with Crippen LogP contribution in [-0.2, 0) is 0 Å². The average Bonchev–Trinajstić information content (AvgIpc) is 2.94. The summed E-state index contributed by atoms with van der Waals surface area (Å²) in [6.07, 6.45) is 1.24. The van der Waals surface area contributed by atoms with E-state index in [9.17, 15) is 9.59 Å². The van der Waals surface area contributed by atoms with E-state index in [4.69, 9.17) is 0 Å². The van der Waals surface area contributed by atoms with E-state index in [0.29, 0.717) is 16.8 Å². The van der Waals surface area contributed by atoms with Crippen LogP contribution in [0.15, 0.2) is 68.5 Å². The number of hydrogen-bond acceptors (Lipinski definition) is 3. The SMILES string of the molecule is O=C(c1ccc(Br)cc1)c1ccccc1-[n+]1cc(=O)o[nH]1. The van der Waals surface area contributed by atoms with Crippen molar-refractivity contribution in [3.05, 3.63) is 80.7 Å². The van der Waals surface area contributed by atoms with Gasteiger partial charge < -0.3 is 0 Å². The summed E-state index contributed by atoms with van der Waals surface area (Å²) in [5, 5.41) is 2.45. The van der Waals surface area contributed by atoms with Crippen molar-refractivity contribution >= 4 is 21.7 Å². The molecule has 0 aliphatic heterocycles. The molecule has 3 rings (SSSR count). The van der Waals surface area contributed by atoms with Gasteiger partial charge in [0.25, 0.3) is 6.20 Å². The molecule has 2 aromatic carbocycles. The Morgan fingerprint density at radius 2 is 1.81 bits per heavy atom. The van der Waals surface area contributed by atoms with Crippen LogP contribution in [0.3, 0.4) is 0 Å². The second-order valence-corrected chi connectivity index (χ2v) is 5.28. The largest absolute Gasteiger partial charge is 0.427 e. The van der Waals surface area contributed by atoms with Crippen LogP contribution in [-0.4, -0.2) is 11.1 Å². The van der Waals surface area contributed by atoms with E-state index >= 15 is 0 Å². The van der Waals surface area contributed by atoms with Crippen molar-refractivity contribution in [1.29, 1.82) is 0 Å². The standard InChI is InChI=1S/C15H9BrN2O3/c16-11-7-5-10(6-8-11)15(20)12-3-1-2-4-13(12)18-9-14(19)21-17-18/h1-9H/p+1. The molecule has 0 aliphatic rings. The van der Waals surface area contributed by atoms with Gasteiger partial charge in [0.05, 0.1) is 5.56 Å². The summed E-state index contributed by atoms with van der Waals surface area (Å²) in [6, 6.07) is 14.1. The van der Waals surface area contributed by atoms with Crippen LogP contribution in [0.1, 0.15) is 15.9 Å². The molecule has 21 heavy (non-hydrogen) atoms. The summed E-state index contributed by atoms with van der Waals surface area (Å²) in [4.78, 5) is 23.8. The van der Waals surface area contributed by atoms with E-state index in [2.05, 4.69) is 25.7 Å². The molecule has 0 bridgehead atoms. The topological polar surface area (TPSA) is 66.9 Å². The predicted octanol–water partition coefficient (Wildman–Crippen LogP) is 2.24. The van der Waals surface area contributed by atoms with Crippen LogP contribution in [0, 0.1) is 0 Å². The van der Waals surface area contributed by atoms with Crippen LogP contribution in [0.4, 0.5) is 0 Å². The first-order valence-corrected chi connectivity index (χ1v) is 6.94.